The monoisotopic (exact) mass is 92.0 g/mol. The van der Waals surface area contributed by atoms with Gasteiger partial charge in [-0.05, 0) is 0 Å². The molecule has 0 spiro atoms. The predicted octanol–water partition coefficient (Wildman–Crippen LogP) is 0.562. The van der Waals surface area contributed by atoms with Crippen LogP contribution >= 0.6 is 11.3 Å². The summed E-state index contributed by atoms with van der Waals surface area (Å²) in [6, 6.07) is 0. The zero-order valence-corrected chi connectivity index (χ0v) is 3.25. The van der Waals surface area contributed by atoms with E-state index in [0.29, 0.717) is 0 Å². The molecule has 1 aromatic rings. The molecular formula is C3H4NS+. The Balaban J connectivity index is 3.19. The summed E-state index contributed by atoms with van der Waals surface area (Å²) in [6.07, 6.45) is 0.0694. The maximum absolute atomic E-state index is 6.91. The smallest absolute Gasteiger partial charge is 0.208 e. The van der Waals surface area contributed by atoms with Gasteiger partial charge in [-0.25, -0.2) is 4.98 Å². The van der Waals surface area contributed by atoms with Crippen LogP contribution in [0.1, 0.15) is 2.74 Å². The lowest BCUT2D eigenvalue weighted by Gasteiger charge is -1.32. The van der Waals surface area contributed by atoms with Gasteiger partial charge in [0.2, 0.25) is 5.49 Å². The van der Waals surface area contributed by atoms with Crippen molar-refractivity contribution in [1.82, 2.24) is 0 Å². The average molecular weight is 92.2 g/mol. The fraction of sp³-hybridized carbons (Fsp3) is 0. The Labute approximate surface area is 38.6 Å². The van der Waals surface area contributed by atoms with Gasteiger partial charge in [-0.15, -0.1) is 0 Å². The zero-order valence-electron chi connectivity index (χ0n) is 5.43. The van der Waals surface area contributed by atoms with E-state index in [-0.39, 0.29) is 11.7 Å². The second kappa shape index (κ2) is 1.17. The van der Waals surface area contributed by atoms with Crippen LogP contribution in [0.3, 0.4) is 0 Å². The number of thiazole rings is 1. The highest BCUT2D eigenvalue weighted by Gasteiger charge is 1.68. The van der Waals surface area contributed by atoms with Gasteiger partial charge in [0, 0.05) is 0 Å². The number of rotatable bonds is 0. The molecule has 0 saturated carbocycles. The number of aromatic amines is 1. The van der Waals surface area contributed by atoms with Crippen LogP contribution in [0, 0.1) is 0 Å². The summed E-state index contributed by atoms with van der Waals surface area (Å²) in [7, 11) is 0. The van der Waals surface area contributed by atoms with Gasteiger partial charge in [0.05, 0.1) is 5.38 Å². The van der Waals surface area contributed by atoms with E-state index >= 15 is 0 Å². The van der Waals surface area contributed by atoms with Crippen molar-refractivity contribution in [2.75, 3.05) is 0 Å². The highest BCUT2D eigenvalue weighted by molar-refractivity contribution is 7.07. The van der Waals surface area contributed by atoms with E-state index in [1.807, 2.05) is 0 Å². The Morgan fingerprint density at radius 2 is 3.20 bits per heavy atom. The maximum atomic E-state index is 6.91. The second-order valence-corrected chi connectivity index (χ2v) is 1.22. The lowest BCUT2D eigenvalue weighted by atomic mass is 11.0. The van der Waals surface area contributed by atoms with E-state index in [4.69, 9.17) is 4.15 Å². The first kappa shape index (κ1) is 1.05. The molecule has 0 bridgehead atoms. The molecule has 0 fully saturated rings. The molecule has 1 N–H and O–H groups in total. The number of hydrogen-bond donors (Lipinski definition) is 0. The van der Waals surface area contributed by atoms with Gasteiger partial charge < -0.3 is 0 Å². The van der Waals surface area contributed by atoms with E-state index in [9.17, 15) is 0 Å². The maximum Gasteiger partial charge on any atom is 0.454 e. The first-order valence-corrected chi connectivity index (χ1v) is 2.06. The van der Waals surface area contributed by atoms with Crippen molar-refractivity contribution in [1.29, 1.82) is 0 Å². The Kier molecular flexibility index (Phi) is 0.245. The van der Waals surface area contributed by atoms with Crippen molar-refractivity contribution in [3.63, 3.8) is 0 Å². The third-order valence-electron chi connectivity index (χ3n) is 0.275. The van der Waals surface area contributed by atoms with Crippen molar-refractivity contribution >= 4 is 11.3 Å². The van der Waals surface area contributed by atoms with E-state index in [1.54, 1.807) is 0 Å². The van der Waals surface area contributed by atoms with Crippen LogP contribution in [-0.2, 0) is 0 Å². The number of H-pyrrole nitrogens is 1. The molecule has 1 rings (SSSR count). The second-order valence-electron chi connectivity index (χ2n) is 0.568. The lowest BCUT2D eigenvalue weighted by molar-refractivity contribution is -0.370. The molecular weight excluding hydrogens is 82.1 g/mol. The first-order chi connectivity index (χ1) is 3.72. The molecule has 1 aromatic heterocycles. The minimum absolute atomic E-state index is 0.0694. The summed E-state index contributed by atoms with van der Waals surface area (Å²) in [5.74, 6) is 0. The SMILES string of the molecule is [3H]c1csc([3H])[n+]1[3H]. The quantitative estimate of drug-likeness (QED) is 0.444. The number of hydrogen-bond acceptors (Lipinski definition) is 1. The summed E-state index contributed by atoms with van der Waals surface area (Å²) >= 11 is 1.09. The van der Waals surface area contributed by atoms with Crippen LogP contribution in [0.15, 0.2) is 17.0 Å². The highest BCUT2D eigenvalue weighted by atomic mass is 32.1. The van der Waals surface area contributed by atoms with Gasteiger partial charge in [-0.1, -0.05) is 11.3 Å². The Morgan fingerprint density at radius 3 is 3.40 bits per heavy atom. The topological polar surface area (TPSA) is 14.1 Å². The molecule has 0 saturated heterocycles. The summed E-state index contributed by atoms with van der Waals surface area (Å²) in [5, 5.41) is 1.45. The zero-order chi connectivity index (χ0) is 6.15. The van der Waals surface area contributed by atoms with Crippen LogP contribution in [0.2, 0.25) is 1.41 Å². The van der Waals surface area contributed by atoms with Gasteiger partial charge >= 0.3 is 1.41 Å². The van der Waals surface area contributed by atoms with Crippen molar-refractivity contribution in [3.8, 4) is 0 Å². The molecule has 2 heteroatoms. The molecule has 0 unspecified atom stereocenters. The fourth-order valence-electron chi connectivity index (χ4n) is 0.132. The molecule has 0 amide bonds. The minimum Gasteiger partial charge on any atom is -0.208 e. The van der Waals surface area contributed by atoms with Gasteiger partial charge in [0.15, 0.2) is 7.54 Å². The van der Waals surface area contributed by atoms with Crippen molar-refractivity contribution in [2.24, 2.45) is 0 Å². The molecule has 0 aromatic carbocycles. The van der Waals surface area contributed by atoms with Gasteiger partial charge in [0.25, 0.3) is 0 Å². The summed E-state index contributed by atoms with van der Waals surface area (Å²) in [5.41, 5.74) is 0.0926. The van der Waals surface area contributed by atoms with Crippen molar-refractivity contribution in [2.45, 2.75) is 0 Å². The van der Waals surface area contributed by atoms with Crippen LogP contribution < -0.4 is 4.98 Å². The molecule has 0 radical (unpaired) electrons. The Hall–Kier alpha value is -0.370. The molecule has 26 valence electrons. The molecule has 0 aliphatic carbocycles. The minimum atomic E-state index is 0.0694. The van der Waals surface area contributed by atoms with Gasteiger partial charge in [-0.2, -0.15) is 0 Å². The normalized spacial score (nSPS) is 16.4. The molecule has 1 heterocycles. The molecule has 0 aliphatic rings. The number of nitrogens with one attached hydrogen (secondary N) is 1. The van der Waals surface area contributed by atoms with E-state index in [1.165, 1.54) is 5.38 Å². The third kappa shape index (κ3) is 0.450. The number of aromatic nitrogens is 1. The molecule has 5 heavy (non-hydrogen) atoms. The van der Waals surface area contributed by atoms with Crippen LogP contribution in [0.4, 0.5) is 0 Å². The molecule has 0 atom stereocenters. The fourth-order valence-corrected chi connectivity index (χ4v) is 0.395. The van der Waals surface area contributed by atoms with Crippen molar-refractivity contribution < 1.29 is 9.13 Å². The third-order valence-corrected chi connectivity index (χ3v) is 0.694. The Bertz CT molecular complexity index is 177. The van der Waals surface area contributed by atoms with Crippen molar-refractivity contribution in [3.05, 3.63) is 17.0 Å². The van der Waals surface area contributed by atoms with Gasteiger partial charge in [0.1, 0.15) is 1.37 Å². The Morgan fingerprint density at radius 1 is 2.20 bits per heavy atom. The summed E-state index contributed by atoms with van der Waals surface area (Å²) in [6.45, 7) is 0. The predicted molar refractivity (Wildman–Crippen MR) is 20.9 cm³/mol. The first-order valence-electron chi connectivity index (χ1n) is 2.62. The lowest BCUT2D eigenvalue weighted by Crippen LogP contribution is -1.86. The largest absolute Gasteiger partial charge is 0.454 e. The van der Waals surface area contributed by atoms with Crippen LogP contribution in [-0.4, -0.2) is 0 Å². The standard InChI is InChI=1S/C3H3NS/c1-2-5-3-4-1/h1-3H/p+1/i1T,3T/hT. The summed E-state index contributed by atoms with van der Waals surface area (Å²) < 4.78 is 20.7. The summed E-state index contributed by atoms with van der Waals surface area (Å²) in [4.78, 5) is 0.769. The molecule has 0 aliphatic heterocycles. The highest BCUT2D eigenvalue weighted by Crippen LogP contribution is 1.80. The van der Waals surface area contributed by atoms with E-state index in [2.05, 4.69) is 0 Å². The van der Waals surface area contributed by atoms with Crippen LogP contribution in [0.5, 0.6) is 0 Å². The average Bonchev–Trinajstić information content (AvgIpc) is 1.98. The van der Waals surface area contributed by atoms with Gasteiger partial charge in [-0.3, -0.25) is 0 Å². The molecule has 1 nitrogen and oxygen atoms in total. The van der Waals surface area contributed by atoms with E-state index in [0.717, 1.165) is 16.3 Å². The van der Waals surface area contributed by atoms with Crippen LogP contribution in [0.25, 0.3) is 0 Å². The van der Waals surface area contributed by atoms with E-state index < -0.39 is 0 Å².